The highest BCUT2D eigenvalue weighted by atomic mass is 16.5. The largest absolute Gasteiger partial charge is 0.489 e. The maximum atomic E-state index is 5.87. The van der Waals surface area contributed by atoms with Crippen molar-refractivity contribution >= 4 is 17.5 Å². The number of para-hydroxylation sites is 2. The summed E-state index contributed by atoms with van der Waals surface area (Å²) >= 11 is 0. The Morgan fingerprint density at radius 1 is 1.08 bits per heavy atom. The number of nitrogens with one attached hydrogen (secondary N) is 2. The lowest BCUT2D eigenvalue weighted by Gasteiger charge is -2.23. The van der Waals surface area contributed by atoms with Gasteiger partial charge >= 0.3 is 0 Å². The van der Waals surface area contributed by atoms with Crippen LogP contribution in [0.25, 0.3) is 0 Å². The highest BCUT2D eigenvalue weighted by molar-refractivity contribution is 5.63. The van der Waals surface area contributed by atoms with E-state index in [-0.39, 0.29) is 6.10 Å². The molecule has 134 valence electrons. The van der Waals surface area contributed by atoms with Gasteiger partial charge in [-0.2, -0.15) is 4.98 Å². The Kier molecular flexibility index (Phi) is 5.74. The maximum Gasteiger partial charge on any atom is 0.229 e. The minimum atomic E-state index is 0.116. The van der Waals surface area contributed by atoms with Crippen molar-refractivity contribution in [3.63, 3.8) is 0 Å². The molecule has 2 N–H and O–H groups in total. The minimum Gasteiger partial charge on any atom is -0.489 e. The van der Waals surface area contributed by atoms with Crippen LogP contribution in [-0.4, -0.2) is 22.1 Å². The smallest absolute Gasteiger partial charge is 0.229 e. The minimum absolute atomic E-state index is 0.116. The summed E-state index contributed by atoms with van der Waals surface area (Å²) in [6.45, 7) is 6.04. The van der Waals surface area contributed by atoms with Crippen LogP contribution in [0.4, 0.5) is 17.5 Å². The topological polar surface area (TPSA) is 59.1 Å². The van der Waals surface area contributed by atoms with Crippen LogP contribution in [0.15, 0.2) is 30.3 Å². The second kappa shape index (κ2) is 8.19. The summed E-state index contributed by atoms with van der Waals surface area (Å²) in [6, 6.07) is 10.4. The quantitative estimate of drug-likeness (QED) is 0.769. The van der Waals surface area contributed by atoms with Crippen molar-refractivity contribution in [1.82, 2.24) is 9.97 Å². The number of anilines is 3. The van der Waals surface area contributed by atoms with Gasteiger partial charge in [0.1, 0.15) is 11.6 Å². The number of ether oxygens (including phenoxy) is 1. The molecule has 1 saturated carbocycles. The molecule has 0 saturated heterocycles. The fourth-order valence-corrected chi connectivity index (χ4v) is 3.20. The van der Waals surface area contributed by atoms with Gasteiger partial charge in [0.05, 0.1) is 11.8 Å². The van der Waals surface area contributed by atoms with Gasteiger partial charge in [-0.3, -0.25) is 0 Å². The zero-order valence-corrected chi connectivity index (χ0v) is 15.4. The molecule has 5 heteroatoms. The first-order chi connectivity index (χ1) is 12.1. The molecule has 5 nitrogen and oxygen atoms in total. The van der Waals surface area contributed by atoms with E-state index in [1.54, 1.807) is 0 Å². The van der Waals surface area contributed by atoms with Gasteiger partial charge < -0.3 is 15.4 Å². The Balaban J connectivity index is 1.76. The monoisotopic (exact) mass is 340 g/mol. The first-order valence-corrected chi connectivity index (χ1v) is 9.25. The van der Waals surface area contributed by atoms with Crippen molar-refractivity contribution in [1.29, 1.82) is 0 Å². The molecule has 25 heavy (non-hydrogen) atoms. The molecule has 0 radical (unpaired) electrons. The van der Waals surface area contributed by atoms with Gasteiger partial charge in [0, 0.05) is 17.8 Å². The van der Waals surface area contributed by atoms with Crippen LogP contribution in [0, 0.1) is 6.92 Å². The predicted molar refractivity (Wildman–Crippen MR) is 103 cm³/mol. The van der Waals surface area contributed by atoms with Crippen LogP contribution >= 0.6 is 0 Å². The van der Waals surface area contributed by atoms with E-state index in [2.05, 4.69) is 20.6 Å². The van der Waals surface area contributed by atoms with Gasteiger partial charge in [-0.15, -0.1) is 0 Å². The van der Waals surface area contributed by atoms with E-state index >= 15 is 0 Å². The van der Waals surface area contributed by atoms with Crippen LogP contribution in [0.3, 0.4) is 0 Å². The molecule has 1 aromatic carbocycles. The van der Waals surface area contributed by atoms with Crippen LogP contribution < -0.4 is 15.4 Å². The molecule has 0 spiro atoms. The number of aromatic nitrogens is 2. The predicted octanol–water partition coefficient (Wildman–Crippen LogP) is 5.06. The van der Waals surface area contributed by atoms with E-state index in [1.807, 2.05) is 51.1 Å². The maximum absolute atomic E-state index is 5.87. The number of nitrogens with zero attached hydrogens (tertiary/aromatic N) is 2. The van der Waals surface area contributed by atoms with E-state index in [0.717, 1.165) is 22.9 Å². The zero-order chi connectivity index (χ0) is 17.6. The molecule has 1 aliphatic rings. The summed E-state index contributed by atoms with van der Waals surface area (Å²) in [5, 5.41) is 6.88. The molecule has 0 bridgehead atoms. The number of benzene rings is 1. The van der Waals surface area contributed by atoms with Crippen molar-refractivity contribution < 1.29 is 4.74 Å². The summed E-state index contributed by atoms with van der Waals surface area (Å²) in [5.41, 5.74) is 1.82. The normalized spacial score (nSPS) is 15.2. The van der Waals surface area contributed by atoms with Gasteiger partial charge in [-0.25, -0.2) is 4.98 Å². The molecule has 1 aliphatic carbocycles. The first-order valence-electron chi connectivity index (χ1n) is 9.25. The highest BCUT2D eigenvalue weighted by Crippen LogP contribution is 2.28. The van der Waals surface area contributed by atoms with Gasteiger partial charge in [0.2, 0.25) is 5.95 Å². The molecule has 0 amide bonds. The molecular weight excluding hydrogens is 312 g/mol. The SMILES string of the molecule is Cc1cc(NC2CCCCC2)nc(Nc2ccccc2OC(C)C)n1. The van der Waals surface area contributed by atoms with E-state index in [1.165, 1.54) is 32.1 Å². The Bertz CT molecular complexity index is 696. The Hall–Kier alpha value is -2.30. The number of rotatable bonds is 6. The fourth-order valence-electron chi connectivity index (χ4n) is 3.20. The Morgan fingerprint density at radius 2 is 1.84 bits per heavy atom. The summed E-state index contributed by atoms with van der Waals surface area (Å²) in [7, 11) is 0. The summed E-state index contributed by atoms with van der Waals surface area (Å²) < 4.78 is 5.87. The van der Waals surface area contributed by atoms with Gasteiger partial charge in [-0.1, -0.05) is 31.4 Å². The third kappa shape index (κ3) is 5.08. The fraction of sp³-hybridized carbons (Fsp3) is 0.500. The Labute approximate surface area is 150 Å². The van der Waals surface area contributed by atoms with Gasteiger partial charge in [0.25, 0.3) is 0 Å². The van der Waals surface area contributed by atoms with E-state index in [4.69, 9.17) is 4.74 Å². The molecule has 1 aromatic heterocycles. The lowest BCUT2D eigenvalue weighted by molar-refractivity contribution is 0.244. The highest BCUT2D eigenvalue weighted by Gasteiger charge is 2.14. The van der Waals surface area contributed by atoms with Crippen molar-refractivity contribution in [3.05, 3.63) is 36.0 Å². The van der Waals surface area contributed by atoms with E-state index in [9.17, 15) is 0 Å². The number of aryl methyl sites for hydroxylation is 1. The summed E-state index contributed by atoms with van der Waals surface area (Å²) in [5.74, 6) is 2.30. The van der Waals surface area contributed by atoms with Crippen LogP contribution in [0.2, 0.25) is 0 Å². The Morgan fingerprint density at radius 3 is 2.60 bits per heavy atom. The van der Waals surface area contributed by atoms with Crippen molar-refractivity contribution in [2.75, 3.05) is 10.6 Å². The molecule has 3 rings (SSSR count). The van der Waals surface area contributed by atoms with Crippen LogP contribution in [-0.2, 0) is 0 Å². The summed E-state index contributed by atoms with van der Waals surface area (Å²) in [6.07, 6.45) is 6.50. The van der Waals surface area contributed by atoms with Gasteiger partial charge in [0.15, 0.2) is 0 Å². The van der Waals surface area contributed by atoms with Crippen LogP contribution in [0.1, 0.15) is 51.6 Å². The first kappa shape index (κ1) is 17.5. The molecule has 0 aliphatic heterocycles. The van der Waals surface area contributed by atoms with E-state index in [0.29, 0.717) is 12.0 Å². The van der Waals surface area contributed by atoms with Crippen molar-refractivity contribution in [2.45, 2.75) is 65.0 Å². The lowest BCUT2D eigenvalue weighted by atomic mass is 9.95. The third-order valence-corrected chi connectivity index (χ3v) is 4.31. The number of hydrogen-bond donors (Lipinski definition) is 2. The molecule has 1 heterocycles. The van der Waals surface area contributed by atoms with Crippen LogP contribution in [0.5, 0.6) is 5.75 Å². The molecular formula is C20H28N4O. The second-order valence-corrected chi connectivity index (χ2v) is 6.99. The molecule has 1 fully saturated rings. The number of hydrogen-bond acceptors (Lipinski definition) is 5. The van der Waals surface area contributed by atoms with Gasteiger partial charge in [-0.05, 0) is 45.7 Å². The van der Waals surface area contributed by atoms with Crippen molar-refractivity contribution in [3.8, 4) is 5.75 Å². The average Bonchev–Trinajstić information content (AvgIpc) is 2.56. The molecule has 0 atom stereocenters. The van der Waals surface area contributed by atoms with Crippen molar-refractivity contribution in [2.24, 2.45) is 0 Å². The standard InChI is InChI=1S/C20H28N4O/c1-14(2)25-18-12-8-7-11-17(18)23-20-21-15(3)13-19(24-20)22-16-9-5-4-6-10-16/h7-8,11-14,16H,4-6,9-10H2,1-3H3,(H2,21,22,23,24). The second-order valence-electron chi connectivity index (χ2n) is 6.99. The average molecular weight is 340 g/mol. The van der Waals surface area contributed by atoms with E-state index < -0.39 is 0 Å². The lowest BCUT2D eigenvalue weighted by Crippen LogP contribution is -2.23. The zero-order valence-electron chi connectivity index (χ0n) is 15.4. The third-order valence-electron chi connectivity index (χ3n) is 4.31. The summed E-state index contributed by atoms with van der Waals surface area (Å²) in [4.78, 5) is 9.18. The molecule has 2 aromatic rings. The molecule has 0 unspecified atom stereocenters.